The number of nitrogens with two attached hydrogens (primary N) is 1. The van der Waals surface area contributed by atoms with Crippen molar-refractivity contribution in [1.82, 2.24) is 4.98 Å². The first-order valence-electron chi connectivity index (χ1n) is 6.29. The molecule has 1 heterocycles. The Bertz CT molecular complexity index is 355. The van der Waals surface area contributed by atoms with Crippen LogP contribution in [0.4, 0.5) is 0 Å². The van der Waals surface area contributed by atoms with E-state index in [0.29, 0.717) is 0 Å². The van der Waals surface area contributed by atoms with Gasteiger partial charge in [-0.25, -0.2) is 4.98 Å². The van der Waals surface area contributed by atoms with Gasteiger partial charge in [-0.1, -0.05) is 13.8 Å². The van der Waals surface area contributed by atoms with Crippen molar-refractivity contribution in [1.29, 1.82) is 0 Å². The fourth-order valence-electron chi connectivity index (χ4n) is 2.39. The van der Waals surface area contributed by atoms with E-state index in [1.54, 1.807) is 0 Å². The first kappa shape index (κ1) is 12.1. The van der Waals surface area contributed by atoms with Crippen molar-refractivity contribution in [3.8, 4) is 0 Å². The van der Waals surface area contributed by atoms with Crippen LogP contribution in [0.2, 0.25) is 0 Å². The van der Waals surface area contributed by atoms with Gasteiger partial charge in [0.2, 0.25) is 0 Å². The lowest BCUT2D eigenvalue weighted by molar-refractivity contribution is 0.344. The highest BCUT2D eigenvalue weighted by molar-refractivity contribution is 7.11. The standard InChI is InChI=1S/C13H22N2S/c1-8(2)10-4-5-11-12(7-10)16-13(15-11)6-9(3)14/h8-10H,4-7,14H2,1-3H3. The van der Waals surface area contributed by atoms with Gasteiger partial charge < -0.3 is 5.73 Å². The lowest BCUT2D eigenvalue weighted by Gasteiger charge is -2.24. The number of hydrogen-bond donors (Lipinski definition) is 1. The zero-order valence-corrected chi connectivity index (χ0v) is 11.3. The van der Waals surface area contributed by atoms with Gasteiger partial charge in [0.05, 0.1) is 10.7 Å². The average Bonchev–Trinajstić information content (AvgIpc) is 2.56. The van der Waals surface area contributed by atoms with Crippen LogP contribution in [0.25, 0.3) is 0 Å². The fraction of sp³-hybridized carbons (Fsp3) is 0.769. The van der Waals surface area contributed by atoms with Crippen molar-refractivity contribution in [2.45, 2.75) is 52.5 Å². The minimum absolute atomic E-state index is 0.230. The molecule has 0 fully saturated rings. The number of aryl methyl sites for hydroxylation is 1. The summed E-state index contributed by atoms with van der Waals surface area (Å²) in [4.78, 5) is 6.25. The van der Waals surface area contributed by atoms with Gasteiger partial charge in [0.1, 0.15) is 0 Å². The van der Waals surface area contributed by atoms with E-state index in [4.69, 9.17) is 10.7 Å². The van der Waals surface area contributed by atoms with E-state index in [2.05, 4.69) is 20.8 Å². The number of hydrogen-bond acceptors (Lipinski definition) is 3. The average molecular weight is 238 g/mol. The van der Waals surface area contributed by atoms with E-state index in [9.17, 15) is 0 Å². The van der Waals surface area contributed by atoms with Crippen LogP contribution in [0.3, 0.4) is 0 Å². The molecule has 0 aromatic carbocycles. The molecule has 1 aromatic rings. The van der Waals surface area contributed by atoms with Crippen LogP contribution in [0.15, 0.2) is 0 Å². The second-order valence-electron chi connectivity index (χ2n) is 5.41. The van der Waals surface area contributed by atoms with Gasteiger partial charge in [0, 0.05) is 17.3 Å². The smallest absolute Gasteiger partial charge is 0.0946 e. The predicted octanol–water partition coefficient (Wildman–Crippen LogP) is 2.79. The maximum absolute atomic E-state index is 5.82. The van der Waals surface area contributed by atoms with Gasteiger partial charge >= 0.3 is 0 Å². The summed E-state index contributed by atoms with van der Waals surface area (Å²) in [5.74, 6) is 1.66. The zero-order valence-electron chi connectivity index (χ0n) is 10.5. The first-order valence-corrected chi connectivity index (χ1v) is 7.11. The van der Waals surface area contributed by atoms with Crippen molar-refractivity contribution >= 4 is 11.3 Å². The molecule has 1 aliphatic rings. The summed E-state index contributed by atoms with van der Waals surface area (Å²) in [7, 11) is 0. The molecule has 2 rings (SSSR count). The molecule has 0 saturated heterocycles. The highest BCUT2D eigenvalue weighted by atomic mass is 32.1. The van der Waals surface area contributed by atoms with Gasteiger partial charge in [-0.3, -0.25) is 0 Å². The molecule has 0 aliphatic heterocycles. The summed E-state index contributed by atoms with van der Waals surface area (Å²) in [6.07, 6.45) is 4.66. The van der Waals surface area contributed by atoms with Crippen LogP contribution >= 0.6 is 11.3 Å². The van der Waals surface area contributed by atoms with Gasteiger partial charge in [-0.15, -0.1) is 11.3 Å². The molecule has 1 aliphatic carbocycles. The Morgan fingerprint density at radius 2 is 2.19 bits per heavy atom. The molecule has 2 N–H and O–H groups in total. The van der Waals surface area contributed by atoms with Crippen molar-refractivity contribution in [2.75, 3.05) is 0 Å². The fourth-order valence-corrected chi connectivity index (χ4v) is 3.74. The topological polar surface area (TPSA) is 38.9 Å². The summed E-state index contributed by atoms with van der Waals surface area (Å²) >= 11 is 1.89. The Hall–Kier alpha value is -0.410. The molecule has 0 amide bonds. The summed E-state index contributed by atoms with van der Waals surface area (Å²) < 4.78 is 0. The highest BCUT2D eigenvalue weighted by Gasteiger charge is 2.24. The molecular weight excluding hydrogens is 216 g/mol. The van der Waals surface area contributed by atoms with Crippen molar-refractivity contribution in [3.05, 3.63) is 15.6 Å². The summed E-state index contributed by atoms with van der Waals surface area (Å²) in [6, 6.07) is 0.230. The van der Waals surface area contributed by atoms with Crippen LogP contribution in [0.1, 0.15) is 42.8 Å². The van der Waals surface area contributed by atoms with E-state index in [1.807, 2.05) is 11.3 Å². The summed E-state index contributed by atoms with van der Waals surface area (Å²) in [5.41, 5.74) is 7.18. The predicted molar refractivity (Wildman–Crippen MR) is 69.8 cm³/mol. The second kappa shape index (κ2) is 4.84. The number of aromatic nitrogens is 1. The third kappa shape index (κ3) is 2.64. The Balaban J connectivity index is 2.10. The molecule has 0 saturated carbocycles. The van der Waals surface area contributed by atoms with Crippen LogP contribution in [-0.2, 0) is 19.3 Å². The molecule has 0 bridgehead atoms. The zero-order chi connectivity index (χ0) is 11.7. The number of nitrogens with zero attached hydrogens (tertiary/aromatic N) is 1. The molecule has 16 heavy (non-hydrogen) atoms. The van der Waals surface area contributed by atoms with Gasteiger partial charge in [0.15, 0.2) is 0 Å². The normalized spacial score (nSPS) is 22.2. The quantitative estimate of drug-likeness (QED) is 0.879. The molecular formula is C13H22N2S. The van der Waals surface area contributed by atoms with Crippen LogP contribution < -0.4 is 5.73 Å². The molecule has 1 aromatic heterocycles. The number of rotatable bonds is 3. The Morgan fingerprint density at radius 1 is 1.44 bits per heavy atom. The molecule has 2 unspecified atom stereocenters. The minimum atomic E-state index is 0.230. The van der Waals surface area contributed by atoms with Crippen molar-refractivity contribution < 1.29 is 0 Å². The van der Waals surface area contributed by atoms with E-state index in [0.717, 1.165) is 18.3 Å². The minimum Gasteiger partial charge on any atom is -0.328 e. The number of thiazole rings is 1. The van der Waals surface area contributed by atoms with Crippen molar-refractivity contribution in [3.63, 3.8) is 0 Å². The van der Waals surface area contributed by atoms with Crippen LogP contribution in [-0.4, -0.2) is 11.0 Å². The lowest BCUT2D eigenvalue weighted by Crippen LogP contribution is -2.18. The van der Waals surface area contributed by atoms with Gasteiger partial charge in [0.25, 0.3) is 0 Å². The Labute approximate surface area is 102 Å². The van der Waals surface area contributed by atoms with E-state index >= 15 is 0 Å². The molecule has 2 nitrogen and oxygen atoms in total. The summed E-state index contributed by atoms with van der Waals surface area (Å²) in [5, 5.41) is 1.24. The third-order valence-corrected chi connectivity index (χ3v) is 4.60. The Kier molecular flexibility index (Phi) is 3.65. The second-order valence-corrected chi connectivity index (χ2v) is 6.57. The molecule has 90 valence electrons. The Morgan fingerprint density at radius 3 is 2.81 bits per heavy atom. The lowest BCUT2D eigenvalue weighted by atomic mass is 9.83. The van der Waals surface area contributed by atoms with Crippen LogP contribution in [0.5, 0.6) is 0 Å². The SMILES string of the molecule is CC(N)Cc1nc2c(s1)CC(C(C)C)CC2. The molecule has 3 heteroatoms. The maximum atomic E-state index is 5.82. The first-order chi connectivity index (χ1) is 7.56. The van der Waals surface area contributed by atoms with E-state index in [-0.39, 0.29) is 6.04 Å². The number of fused-ring (bicyclic) bond motifs is 1. The maximum Gasteiger partial charge on any atom is 0.0946 e. The highest BCUT2D eigenvalue weighted by Crippen LogP contribution is 2.33. The molecule has 0 radical (unpaired) electrons. The molecule has 0 spiro atoms. The van der Waals surface area contributed by atoms with Gasteiger partial charge in [-0.05, 0) is 38.0 Å². The summed E-state index contributed by atoms with van der Waals surface area (Å²) in [6.45, 7) is 6.72. The van der Waals surface area contributed by atoms with Gasteiger partial charge in [-0.2, -0.15) is 0 Å². The van der Waals surface area contributed by atoms with E-state index in [1.165, 1.54) is 34.8 Å². The van der Waals surface area contributed by atoms with E-state index < -0.39 is 0 Å². The van der Waals surface area contributed by atoms with Crippen LogP contribution in [0, 0.1) is 11.8 Å². The molecule has 2 atom stereocenters. The van der Waals surface area contributed by atoms with Crippen molar-refractivity contribution in [2.24, 2.45) is 17.6 Å². The monoisotopic (exact) mass is 238 g/mol. The largest absolute Gasteiger partial charge is 0.328 e. The third-order valence-electron chi connectivity index (χ3n) is 3.46.